The van der Waals surface area contributed by atoms with Gasteiger partial charge in [-0.25, -0.2) is 9.78 Å². The Hall–Kier alpha value is -1.33. The van der Waals surface area contributed by atoms with Gasteiger partial charge in [-0.1, -0.05) is 11.6 Å². The quantitative estimate of drug-likeness (QED) is 0.790. The van der Waals surface area contributed by atoms with Gasteiger partial charge in [0, 0.05) is 20.2 Å². The number of anilines is 1. The molecule has 94 valence electrons. The molecule has 0 aliphatic heterocycles. The number of hydrogen-bond donors (Lipinski definition) is 1. The van der Waals surface area contributed by atoms with Crippen molar-refractivity contribution in [3.05, 3.63) is 22.8 Å². The van der Waals surface area contributed by atoms with Crippen LogP contribution >= 0.6 is 11.6 Å². The van der Waals surface area contributed by atoms with E-state index in [-0.39, 0.29) is 10.7 Å². The second kappa shape index (κ2) is 6.42. The molecular formula is C11H15ClN2O3. The summed E-state index contributed by atoms with van der Waals surface area (Å²) in [6.07, 6.45) is 0. The molecule has 0 aliphatic rings. The van der Waals surface area contributed by atoms with Crippen molar-refractivity contribution in [2.24, 2.45) is 0 Å². The topological polar surface area (TPSA) is 62.7 Å². The molecule has 17 heavy (non-hydrogen) atoms. The highest BCUT2D eigenvalue weighted by Crippen LogP contribution is 2.18. The van der Waals surface area contributed by atoms with Crippen LogP contribution < -0.4 is 4.90 Å². The van der Waals surface area contributed by atoms with Crippen LogP contribution in [0.25, 0.3) is 0 Å². The first kappa shape index (κ1) is 13.7. The van der Waals surface area contributed by atoms with E-state index < -0.39 is 5.97 Å². The highest BCUT2D eigenvalue weighted by Gasteiger charge is 2.13. The van der Waals surface area contributed by atoms with Gasteiger partial charge in [-0.2, -0.15) is 0 Å². The van der Waals surface area contributed by atoms with E-state index in [4.69, 9.17) is 21.4 Å². The molecule has 0 saturated heterocycles. The Kier molecular flexibility index (Phi) is 5.18. The molecule has 0 fully saturated rings. The molecule has 0 aliphatic carbocycles. The summed E-state index contributed by atoms with van der Waals surface area (Å²) >= 11 is 5.74. The zero-order chi connectivity index (χ0) is 12.8. The molecule has 6 heteroatoms. The summed E-state index contributed by atoms with van der Waals surface area (Å²) in [5.41, 5.74) is -0.132. The minimum Gasteiger partial charge on any atom is -0.476 e. The van der Waals surface area contributed by atoms with Crippen molar-refractivity contribution in [2.75, 3.05) is 31.7 Å². The highest BCUT2D eigenvalue weighted by atomic mass is 35.5. The van der Waals surface area contributed by atoms with E-state index in [1.54, 1.807) is 6.07 Å². The van der Waals surface area contributed by atoms with Crippen LogP contribution in [0.1, 0.15) is 17.4 Å². The van der Waals surface area contributed by atoms with E-state index in [1.165, 1.54) is 6.07 Å². The number of halogens is 1. The maximum atomic E-state index is 10.9. The predicted molar refractivity (Wildman–Crippen MR) is 66.0 cm³/mol. The largest absolute Gasteiger partial charge is 0.476 e. The summed E-state index contributed by atoms with van der Waals surface area (Å²) < 4.78 is 5.22. The summed E-state index contributed by atoms with van der Waals surface area (Å²) in [4.78, 5) is 16.7. The molecule has 0 amide bonds. The Bertz CT molecular complexity index is 398. The number of rotatable bonds is 6. The Morgan fingerprint density at radius 1 is 1.59 bits per heavy atom. The van der Waals surface area contributed by atoms with Gasteiger partial charge < -0.3 is 14.7 Å². The highest BCUT2D eigenvalue weighted by molar-refractivity contribution is 6.33. The molecule has 0 atom stereocenters. The maximum Gasteiger partial charge on any atom is 0.356 e. The number of carboxylic acid groups (broad SMARTS) is 1. The van der Waals surface area contributed by atoms with Gasteiger partial charge in [0.05, 0.1) is 11.6 Å². The zero-order valence-corrected chi connectivity index (χ0v) is 10.6. The predicted octanol–water partition coefficient (Wildman–Crippen LogP) is 1.91. The molecule has 1 aromatic rings. The minimum atomic E-state index is -1.13. The number of aromatic carboxylic acids is 1. The number of aromatic nitrogens is 1. The monoisotopic (exact) mass is 258 g/mol. The standard InChI is InChI=1S/C11H15ClN2O3/c1-3-17-7-6-14(2)9-5-4-8(12)10(13-9)11(15)16/h4-5H,3,6-7H2,1-2H3,(H,15,16). The number of carboxylic acids is 1. The molecular weight excluding hydrogens is 244 g/mol. The van der Waals surface area contributed by atoms with Gasteiger partial charge in [-0.15, -0.1) is 0 Å². The third-order valence-electron chi connectivity index (χ3n) is 2.20. The van der Waals surface area contributed by atoms with Crippen molar-refractivity contribution >= 4 is 23.4 Å². The molecule has 0 unspecified atom stereocenters. The Morgan fingerprint density at radius 2 is 2.29 bits per heavy atom. The lowest BCUT2D eigenvalue weighted by atomic mass is 10.3. The second-order valence-electron chi connectivity index (χ2n) is 3.42. The SMILES string of the molecule is CCOCCN(C)c1ccc(Cl)c(C(=O)O)n1. The lowest BCUT2D eigenvalue weighted by Crippen LogP contribution is -2.24. The van der Waals surface area contributed by atoms with E-state index in [2.05, 4.69) is 4.98 Å². The van der Waals surface area contributed by atoms with Crippen LogP contribution in [0.3, 0.4) is 0 Å². The first-order chi connectivity index (χ1) is 8.06. The van der Waals surface area contributed by atoms with E-state index >= 15 is 0 Å². The number of pyridine rings is 1. The van der Waals surface area contributed by atoms with Crippen LogP contribution in [0.5, 0.6) is 0 Å². The summed E-state index contributed by atoms with van der Waals surface area (Å²) in [5, 5.41) is 9.03. The van der Waals surface area contributed by atoms with Crippen molar-refractivity contribution in [3.63, 3.8) is 0 Å². The van der Waals surface area contributed by atoms with Crippen LogP contribution in [0.15, 0.2) is 12.1 Å². The fourth-order valence-corrected chi connectivity index (χ4v) is 1.44. The van der Waals surface area contributed by atoms with Gasteiger partial charge in [-0.3, -0.25) is 0 Å². The van der Waals surface area contributed by atoms with Gasteiger partial charge in [0.15, 0.2) is 5.69 Å². The summed E-state index contributed by atoms with van der Waals surface area (Å²) in [6, 6.07) is 3.21. The van der Waals surface area contributed by atoms with Crippen LogP contribution in [0, 0.1) is 0 Å². The maximum absolute atomic E-state index is 10.9. The first-order valence-electron chi connectivity index (χ1n) is 5.25. The molecule has 1 heterocycles. The Morgan fingerprint density at radius 3 is 2.88 bits per heavy atom. The molecule has 1 N–H and O–H groups in total. The molecule has 1 rings (SSSR count). The summed E-state index contributed by atoms with van der Waals surface area (Å²) in [5.74, 6) is -0.568. The van der Waals surface area contributed by atoms with Crippen molar-refractivity contribution in [2.45, 2.75) is 6.92 Å². The number of ether oxygens (including phenoxy) is 1. The lowest BCUT2D eigenvalue weighted by molar-refractivity contribution is 0.0691. The van der Waals surface area contributed by atoms with Gasteiger partial charge >= 0.3 is 5.97 Å². The second-order valence-corrected chi connectivity index (χ2v) is 3.83. The average Bonchev–Trinajstić information content (AvgIpc) is 2.29. The van der Waals surface area contributed by atoms with Crippen LogP contribution in [0.2, 0.25) is 5.02 Å². The molecule has 0 bridgehead atoms. The third kappa shape index (κ3) is 3.87. The van der Waals surface area contributed by atoms with Crippen LogP contribution in [-0.4, -0.2) is 42.9 Å². The number of likely N-dealkylation sites (N-methyl/N-ethyl adjacent to an activating group) is 1. The Balaban J connectivity index is 2.77. The van der Waals surface area contributed by atoms with Gasteiger partial charge in [-0.05, 0) is 19.1 Å². The number of carbonyl (C=O) groups is 1. The minimum absolute atomic E-state index is 0.132. The molecule has 1 aromatic heterocycles. The fourth-order valence-electron chi connectivity index (χ4n) is 1.25. The van der Waals surface area contributed by atoms with Crippen molar-refractivity contribution in [3.8, 4) is 0 Å². The number of hydrogen-bond acceptors (Lipinski definition) is 4. The fraction of sp³-hybridized carbons (Fsp3) is 0.455. The summed E-state index contributed by atoms with van der Waals surface area (Å²) in [6.45, 7) is 3.78. The van der Waals surface area contributed by atoms with E-state index in [9.17, 15) is 4.79 Å². The van der Waals surface area contributed by atoms with Crippen LogP contribution in [0.4, 0.5) is 5.82 Å². The first-order valence-corrected chi connectivity index (χ1v) is 5.62. The molecule has 0 spiro atoms. The smallest absolute Gasteiger partial charge is 0.356 e. The van der Waals surface area contributed by atoms with Gasteiger partial charge in [0.2, 0.25) is 0 Å². The van der Waals surface area contributed by atoms with Crippen molar-refractivity contribution in [1.29, 1.82) is 0 Å². The van der Waals surface area contributed by atoms with E-state index in [1.807, 2.05) is 18.9 Å². The average molecular weight is 259 g/mol. The van der Waals surface area contributed by atoms with Gasteiger partial charge in [0.25, 0.3) is 0 Å². The third-order valence-corrected chi connectivity index (χ3v) is 2.51. The van der Waals surface area contributed by atoms with Crippen molar-refractivity contribution in [1.82, 2.24) is 4.98 Å². The zero-order valence-electron chi connectivity index (χ0n) is 9.81. The van der Waals surface area contributed by atoms with E-state index in [0.717, 1.165) is 0 Å². The molecule has 5 nitrogen and oxygen atoms in total. The van der Waals surface area contributed by atoms with E-state index in [0.29, 0.717) is 25.6 Å². The lowest BCUT2D eigenvalue weighted by Gasteiger charge is -2.18. The van der Waals surface area contributed by atoms with Gasteiger partial charge in [0.1, 0.15) is 5.82 Å². The summed E-state index contributed by atoms with van der Waals surface area (Å²) in [7, 11) is 1.82. The Labute approximate surface area is 105 Å². The van der Waals surface area contributed by atoms with Crippen molar-refractivity contribution < 1.29 is 14.6 Å². The van der Waals surface area contributed by atoms with Crippen LogP contribution in [-0.2, 0) is 4.74 Å². The molecule has 0 radical (unpaired) electrons. The molecule has 0 saturated carbocycles. The number of nitrogens with zero attached hydrogens (tertiary/aromatic N) is 2. The normalized spacial score (nSPS) is 10.3. The molecule has 0 aromatic carbocycles.